The molecule has 0 bridgehead atoms. The molecule has 0 aliphatic carbocycles. The lowest BCUT2D eigenvalue weighted by molar-refractivity contribution is -0.134. The Balaban J connectivity index is 1.70. The number of amides is 2. The van der Waals surface area contributed by atoms with Crippen molar-refractivity contribution in [3.63, 3.8) is 0 Å². The molecule has 1 fully saturated rings. The van der Waals surface area contributed by atoms with Gasteiger partial charge in [-0.05, 0) is 38.8 Å². The second-order valence-electron chi connectivity index (χ2n) is 6.90. The predicted molar refractivity (Wildman–Crippen MR) is 89.9 cm³/mol. The third-order valence-electron chi connectivity index (χ3n) is 4.65. The molecule has 2 heterocycles. The van der Waals surface area contributed by atoms with Gasteiger partial charge >= 0.3 is 0 Å². The lowest BCUT2D eigenvalue weighted by Crippen LogP contribution is -2.53. The van der Waals surface area contributed by atoms with Crippen LogP contribution in [0.3, 0.4) is 0 Å². The second-order valence-corrected chi connectivity index (χ2v) is 6.90. The monoisotopic (exact) mass is 332 g/mol. The van der Waals surface area contributed by atoms with E-state index in [9.17, 15) is 14.7 Å². The van der Waals surface area contributed by atoms with E-state index in [4.69, 9.17) is 4.74 Å². The number of piperidine rings is 1. The number of likely N-dealkylation sites (tertiary alicyclic amines) is 1. The molecule has 0 aromatic heterocycles. The molecule has 24 heavy (non-hydrogen) atoms. The Labute approximate surface area is 142 Å². The molecule has 0 atom stereocenters. The number of para-hydroxylation sites is 2. The Bertz CT molecular complexity index is 636. The standard InChI is InChI=1S/C18H24N2O4/c1-18(2)17(23)20(14-5-3-4-6-15(14)24-18)12-9-16(22)19-10-7-13(21)8-11-19/h3-6,13,21H,7-12H2,1-2H3. The van der Waals surface area contributed by atoms with Gasteiger partial charge < -0.3 is 19.6 Å². The molecule has 0 spiro atoms. The van der Waals surface area contributed by atoms with E-state index in [1.807, 2.05) is 24.3 Å². The fourth-order valence-corrected chi connectivity index (χ4v) is 3.22. The number of aliphatic hydroxyl groups excluding tert-OH is 1. The molecule has 1 N–H and O–H groups in total. The van der Waals surface area contributed by atoms with Crippen LogP contribution < -0.4 is 9.64 Å². The van der Waals surface area contributed by atoms with Crippen LogP contribution in [0.15, 0.2) is 24.3 Å². The fourth-order valence-electron chi connectivity index (χ4n) is 3.22. The highest BCUT2D eigenvalue weighted by molar-refractivity contribution is 6.02. The zero-order chi connectivity index (χ0) is 17.3. The van der Waals surface area contributed by atoms with Gasteiger partial charge in [-0.25, -0.2) is 0 Å². The van der Waals surface area contributed by atoms with Crippen molar-refractivity contribution in [2.45, 2.75) is 44.8 Å². The lowest BCUT2D eigenvalue weighted by atomic mass is 10.0. The molecule has 6 heteroatoms. The average molecular weight is 332 g/mol. The number of nitrogens with zero attached hydrogens (tertiary/aromatic N) is 2. The average Bonchev–Trinajstić information content (AvgIpc) is 2.55. The van der Waals surface area contributed by atoms with Crippen molar-refractivity contribution in [1.82, 2.24) is 4.90 Å². The van der Waals surface area contributed by atoms with E-state index in [0.29, 0.717) is 43.9 Å². The summed E-state index contributed by atoms with van der Waals surface area (Å²) in [6.07, 6.45) is 1.21. The number of rotatable bonds is 3. The topological polar surface area (TPSA) is 70.1 Å². The molecule has 2 amide bonds. The number of aliphatic hydroxyl groups is 1. The summed E-state index contributed by atoms with van der Waals surface area (Å²) in [6.45, 7) is 4.98. The highest BCUT2D eigenvalue weighted by atomic mass is 16.5. The number of benzene rings is 1. The molecule has 1 aromatic carbocycles. The summed E-state index contributed by atoms with van der Waals surface area (Å²) in [7, 11) is 0. The Morgan fingerprint density at radius 1 is 1.29 bits per heavy atom. The van der Waals surface area contributed by atoms with Crippen LogP contribution in [0, 0.1) is 0 Å². The van der Waals surface area contributed by atoms with E-state index in [1.54, 1.807) is 23.6 Å². The van der Waals surface area contributed by atoms with Gasteiger partial charge in [-0.15, -0.1) is 0 Å². The van der Waals surface area contributed by atoms with Crippen molar-refractivity contribution in [2.75, 3.05) is 24.5 Å². The third-order valence-corrected chi connectivity index (χ3v) is 4.65. The van der Waals surface area contributed by atoms with Crippen molar-refractivity contribution in [1.29, 1.82) is 0 Å². The first kappa shape index (κ1) is 16.8. The Morgan fingerprint density at radius 3 is 2.67 bits per heavy atom. The lowest BCUT2D eigenvalue weighted by Gasteiger charge is -2.39. The van der Waals surface area contributed by atoms with Gasteiger partial charge in [-0.3, -0.25) is 9.59 Å². The second kappa shape index (κ2) is 6.43. The van der Waals surface area contributed by atoms with Gasteiger partial charge in [0.2, 0.25) is 5.91 Å². The third kappa shape index (κ3) is 3.24. The van der Waals surface area contributed by atoms with Crippen LogP contribution in [0.25, 0.3) is 0 Å². The van der Waals surface area contributed by atoms with E-state index in [2.05, 4.69) is 0 Å². The molecular formula is C18H24N2O4. The molecule has 130 valence electrons. The summed E-state index contributed by atoms with van der Waals surface area (Å²) < 4.78 is 5.78. The highest BCUT2D eigenvalue weighted by Crippen LogP contribution is 2.37. The first-order valence-corrected chi connectivity index (χ1v) is 8.44. The number of carbonyl (C=O) groups excluding carboxylic acids is 2. The number of fused-ring (bicyclic) bond motifs is 1. The van der Waals surface area contributed by atoms with Crippen molar-refractivity contribution >= 4 is 17.5 Å². The van der Waals surface area contributed by atoms with Gasteiger partial charge in [-0.1, -0.05) is 12.1 Å². The Hall–Kier alpha value is -2.08. The molecule has 0 radical (unpaired) electrons. The van der Waals surface area contributed by atoms with E-state index in [1.165, 1.54) is 0 Å². The zero-order valence-corrected chi connectivity index (χ0v) is 14.2. The minimum Gasteiger partial charge on any atom is -0.476 e. The smallest absolute Gasteiger partial charge is 0.270 e. The Morgan fingerprint density at radius 2 is 1.96 bits per heavy atom. The SMILES string of the molecule is CC1(C)Oc2ccccc2N(CCC(=O)N2CCC(O)CC2)C1=O. The molecule has 3 rings (SSSR count). The fraction of sp³-hybridized carbons (Fsp3) is 0.556. The van der Waals surface area contributed by atoms with Gasteiger partial charge in [0.05, 0.1) is 11.8 Å². The molecule has 6 nitrogen and oxygen atoms in total. The summed E-state index contributed by atoms with van der Waals surface area (Å²) in [4.78, 5) is 28.5. The van der Waals surface area contributed by atoms with Gasteiger partial charge in [0, 0.05) is 26.1 Å². The van der Waals surface area contributed by atoms with Crippen molar-refractivity contribution in [3.05, 3.63) is 24.3 Å². The maximum Gasteiger partial charge on any atom is 0.270 e. The number of hydrogen-bond acceptors (Lipinski definition) is 4. The first-order valence-electron chi connectivity index (χ1n) is 8.44. The van der Waals surface area contributed by atoms with Crippen LogP contribution in [-0.2, 0) is 9.59 Å². The maximum atomic E-state index is 12.7. The van der Waals surface area contributed by atoms with Crippen LogP contribution in [0.2, 0.25) is 0 Å². The number of anilines is 1. The Kier molecular flexibility index (Phi) is 4.49. The highest BCUT2D eigenvalue weighted by Gasteiger charge is 2.40. The maximum absolute atomic E-state index is 12.7. The van der Waals surface area contributed by atoms with Gasteiger partial charge in [0.15, 0.2) is 5.60 Å². The van der Waals surface area contributed by atoms with Crippen molar-refractivity contribution < 1.29 is 19.4 Å². The normalized spacial score (nSPS) is 20.5. The number of ether oxygens (including phenoxy) is 1. The minimum atomic E-state index is -0.938. The summed E-state index contributed by atoms with van der Waals surface area (Å²) in [5.74, 6) is 0.551. The van der Waals surface area contributed by atoms with Gasteiger partial charge in [-0.2, -0.15) is 0 Å². The molecule has 2 aliphatic rings. The molecule has 1 aromatic rings. The van der Waals surface area contributed by atoms with E-state index < -0.39 is 5.60 Å². The van der Waals surface area contributed by atoms with Crippen molar-refractivity contribution in [2.24, 2.45) is 0 Å². The van der Waals surface area contributed by atoms with Crippen LogP contribution in [0.1, 0.15) is 33.1 Å². The molecular weight excluding hydrogens is 308 g/mol. The summed E-state index contributed by atoms with van der Waals surface area (Å²) in [6, 6.07) is 7.40. The molecule has 2 aliphatic heterocycles. The zero-order valence-electron chi connectivity index (χ0n) is 14.2. The number of carbonyl (C=O) groups is 2. The molecule has 1 saturated heterocycles. The van der Waals surface area contributed by atoms with Crippen LogP contribution >= 0.6 is 0 Å². The van der Waals surface area contributed by atoms with Crippen LogP contribution in [0.5, 0.6) is 5.75 Å². The summed E-state index contributed by atoms with van der Waals surface area (Å²) >= 11 is 0. The quantitative estimate of drug-likeness (QED) is 0.912. The molecule has 0 unspecified atom stereocenters. The van der Waals surface area contributed by atoms with Gasteiger partial charge in [0.1, 0.15) is 5.75 Å². The number of hydrogen-bond donors (Lipinski definition) is 1. The first-order chi connectivity index (χ1) is 11.4. The van der Waals surface area contributed by atoms with Crippen LogP contribution in [-0.4, -0.2) is 53.2 Å². The predicted octanol–water partition coefficient (Wildman–Crippen LogP) is 1.56. The minimum absolute atomic E-state index is 0.0245. The summed E-state index contributed by atoms with van der Waals surface area (Å²) in [5, 5.41) is 9.54. The van der Waals surface area contributed by atoms with Crippen molar-refractivity contribution in [3.8, 4) is 5.75 Å². The van der Waals surface area contributed by atoms with Gasteiger partial charge in [0.25, 0.3) is 5.91 Å². The van der Waals surface area contributed by atoms with Crippen LogP contribution in [0.4, 0.5) is 5.69 Å². The van der Waals surface area contributed by atoms with E-state index in [0.717, 1.165) is 0 Å². The van der Waals surface area contributed by atoms with E-state index >= 15 is 0 Å². The summed E-state index contributed by atoms with van der Waals surface area (Å²) in [5.41, 5.74) is -0.226. The largest absolute Gasteiger partial charge is 0.476 e. The molecule has 0 saturated carbocycles. The van der Waals surface area contributed by atoms with E-state index in [-0.39, 0.29) is 24.3 Å².